The molecule has 0 bridgehead atoms. The molecule has 2 heterocycles. The van der Waals surface area contributed by atoms with Crippen molar-refractivity contribution in [2.24, 2.45) is 0 Å². The normalized spacial score (nSPS) is 25.3. The number of hydrogen-bond donors (Lipinski definition) is 2. The van der Waals surface area contributed by atoms with Crippen molar-refractivity contribution in [2.75, 3.05) is 47.1 Å². The first-order valence-electron chi connectivity index (χ1n) is 7.37. The van der Waals surface area contributed by atoms with Crippen molar-refractivity contribution in [2.45, 2.75) is 13.0 Å². The third-order valence-electron chi connectivity index (χ3n) is 4.21. The van der Waals surface area contributed by atoms with E-state index in [9.17, 15) is 0 Å². The van der Waals surface area contributed by atoms with Gasteiger partial charge in [-0.3, -0.25) is 0 Å². The molecule has 5 nitrogen and oxygen atoms in total. The maximum atomic E-state index is 5.50. The first kappa shape index (κ1) is 13.5. The first-order chi connectivity index (χ1) is 9.76. The lowest BCUT2D eigenvalue weighted by molar-refractivity contribution is -0.938. The number of rotatable bonds is 3. The van der Waals surface area contributed by atoms with Crippen LogP contribution >= 0.6 is 0 Å². The van der Waals surface area contributed by atoms with Crippen molar-refractivity contribution in [1.82, 2.24) is 0 Å². The molecule has 2 unspecified atom stereocenters. The number of nitrogens with one attached hydrogen (secondary N) is 2. The van der Waals surface area contributed by atoms with Crippen molar-refractivity contribution >= 4 is 0 Å². The van der Waals surface area contributed by atoms with E-state index < -0.39 is 0 Å². The molecule has 1 aromatic rings. The number of quaternary nitrogens is 2. The van der Waals surface area contributed by atoms with E-state index in [0.717, 1.165) is 23.8 Å². The van der Waals surface area contributed by atoms with Crippen LogP contribution in [-0.2, 0) is 6.54 Å². The topological polar surface area (TPSA) is 36.6 Å². The molecule has 0 aliphatic carbocycles. The largest absolute Gasteiger partial charge is 0.493 e. The molecule has 1 aromatic carbocycles. The van der Waals surface area contributed by atoms with E-state index in [0.29, 0.717) is 6.79 Å². The first-order valence-corrected chi connectivity index (χ1v) is 7.37. The number of likely N-dealkylation sites (N-methyl/N-ethyl adjacent to an activating group) is 1. The molecule has 3 rings (SSSR count). The second kappa shape index (κ2) is 5.89. The lowest BCUT2D eigenvalue weighted by atomic mass is 10.1. The Bertz CT molecular complexity index is 478. The molecule has 20 heavy (non-hydrogen) atoms. The predicted octanol–water partition coefficient (Wildman–Crippen LogP) is -1.27. The van der Waals surface area contributed by atoms with E-state index in [1.807, 2.05) is 0 Å². The molecule has 2 atom stereocenters. The average Bonchev–Trinajstić information content (AvgIpc) is 2.82. The fraction of sp³-hybridized carbons (Fsp3) is 0.600. The minimum Gasteiger partial charge on any atom is -0.493 e. The van der Waals surface area contributed by atoms with E-state index in [-0.39, 0.29) is 0 Å². The van der Waals surface area contributed by atoms with Crippen LogP contribution in [0.1, 0.15) is 12.0 Å². The molecule has 0 aromatic heterocycles. The van der Waals surface area contributed by atoms with E-state index in [1.54, 1.807) is 16.9 Å². The smallest absolute Gasteiger partial charge is 0.231 e. The van der Waals surface area contributed by atoms with Crippen LogP contribution in [0.3, 0.4) is 0 Å². The summed E-state index contributed by atoms with van der Waals surface area (Å²) in [7, 11) is 3.96. The number of hydrogen-bond acceptors (Lipinski definition) is 3. The lowest BCUT2D eigenvalue weighted by Crippen LogP contribution is -3.15. The van der Waals surface area contributed by atoms with Crippen LogP contribution in [0.2, 0.25) is 0 Å². The zero-order valence-electron chi connectivity index (χ0n) is 12.3. The minimum absolute atomic E-state index is 0.292. The summed E-state index contributed by atoms with van der Waals surface area (Å²) in [6, 6.07) is 4.18. The monoisotopic (exact) mass is 280 g/mol. The summed E-state index contributed by atoms with van der Waals surface area (Å²) in [6.45, 7) is 6.32. The zero-order chi connectivity index (χ0) is 13.9. The summed E-state index contributed by atoms with van der Waals surface area (Å²) in [5.74, 6) is 2.34. The number of benzene rings is 1. The lowest BCUT2D eigenvalue weighted by Gasteiger charge is -2.17. The third-order valence-corrected chi connectivity index (χ3v) is 4.21. The Hall–Kier alpha value is -1.46. The summed E-state index contributed by atoms with van der Waals surface area (Å²) in [5, 5.41) is 0. The Morgan fingerprint density at radius 2 is 2.05 bits per heavy atom. The standard InChI is InChI=1S/C15H22N2O3/c1-16-4-3-5-17(7-6-16)10-12-8-13(18-2)15-14(9-12)19-11-20-15/h8-9H,3-7,10-11H2,1-2H3/p+2. The second-order valence-electron chi connectivity index (χ2n) is 5.77. The number of fused-ring (bicyclic) bond motifs is 1. The highest BCUT2D eigenvalue weighted by Crippen LogP contribution is 2.41. The van der Waals surface area contributed by atoms with Crippen LogP contribution in [0.25, 0.3) is 0 Å². The minimum atomic E-state index is 0.292. The van der Waals surface area contributed by atoms with Crippen molar-refractivity contribution in [1.29, 1.82) is 0 Å². The SMILES string of the molecule is COc1cc(C[NH+]2CCC[NH+](C)CC2)cc2c1OCO2. The molecule has 2 N–H and O–H groups in total. The van der Waals surface area contributed by atoms with Crippen LogP contribution in [-0.4, -0.2) is 47.1 Å². The highest BCUT2D eigenvalue weighted by molar-refractivity contribution is 5.54. The average molecular weight is 280 g/mol. The van der Waals surface area contributed by atoms with Gasteiger partial charge in [-0.25, -0.2) is 0 Å². The summed E-state index contributed by atoms with van der Waals surface area (Å²) in [4.78, 5) is 3.28. The Labute approximate surface area is 120 Å². The fourth-order valence-electron chi connectivity index (χ4n) is 3.03. The number of methoxy groups -OCH3 is 1. The van der Waals surface area contributed by atoms with Gasteiger partial charge in [0.1, 0.15) is 19.6 Å². The van der Waals surface area contributed by atoms with Crippen LogP contribution in [0.5, 0.6) is 17.2 Å². The Morgan fingerprint density at radius 1 is 1.15 bits per heavy atom. The van der Waals surface area contributed by atoms with E-state index in [4.69, 9.17) is 14.2 Å². The molecular weight excluding hydrogens is 256 g/mol. The molecule has 0 radical (unpaired) electrons. The Morgan fingerprint density at radius 3 is 2.90 bits per heavy atom. The van der Waals surface area contributed by atoms with Crippen LogP contribution < -0.4 is 24.0 Å². The summed E-state index contributed by atoms with van der Waals surface area (Å²) < 4.78 is 16.3. The van der Waals surface area contributed by atoms with E-state index >= 15 is 0 Å². The van der Waals surface area contributed by atoms with Gasteiger partial charge in [0.25, 0.3) is 0 Å². The molecule has 0 amide bonds. The second-order valence-corrected chi connectivity index (χ2v) is 5.77. The summed E-state index contributed by atoms with van der Waals surface area (Å²) in [6.07, 6.45) is 1.29. The zero-order valence-corrected chi connectivity index (χ0v) is 12.3. The van der Waals surface area contributed by atoms with E-state index in [1.165, 1.54) is 38.2 Å². The summed E-state index contributed by atoms with van der Waals surface area (Å²) >= 11 is 0. The van der Waals surface area contributed by atoms with Crippen molar-refractivity contribution < 1.29 is 24.0 Å². The van der Waals surface area contributed by atoms with Gasteiger partial charge in [0.05, 0.1) is 27.2 Å². The van der Waals surface area contributed by atoms with Gasteiger partial charge < -0.3 is 24.0 Å². The molecule has 0 saturated carbocycles. The predicted molar refractivity (Wildman–Crippen MR) is 74.8 cm³/mol. The summed E-state index contributed by atoms with van der Waals surface area (Å²) in [5.41, 5.74) is 1.26. The highest BCUT2D eigenvalue weighted by atomic mass is 16.7. The third kappa shape index (κ3) is 2.83. The molecule has 5 heteroatoms. The van der Waals surface area contributed by atoms with Crippen LogP contribution in [0.15, 0.2) is 12.1 Å². The molecule has 1 fully saturated rings. The Kier molecular flexibility index (Phi) is 3.98. The van der Waals surface area contributed by atoms with Gasteiger partial charge in [-0.1, -0.05) is 0 Å². The quantitative estimate of drug-likeness (QED) is 0.725. The molecule has 1 saturated heterocycles. The Balaban J connectivity index is 1.74. The van der Waals surface area contributed by atoms with Gasteiger partial charge in [0, 0.05) is 12.0 Å². The molecule has 2 aliphatic rings. The van der Waals surface area contributed by atoms with E-state index in [2.05, 4.69) is 19.2 Å². The van der Waals surface area contributed by atoms with Gasteiger partial charge in [-0.2, -0.15) is 0 Å². The van der Waals surface area contributed by atoms with Crippen molar-refractivity contribution in [3.8, 4) is 17.2 Å². The fourth-order valence-corrected chi connectivity index (χ4v) is 3.03. The van der Waals surface area contributed by atoms with Gasteiger partial charge in [0.2, 0.25) is 12.5 Å². The molecule has 2 aliphatic heterocycles. The maximum absolute atomic E-state index is 5.50. The van der Waals surface area contributed by atoms with Crippen molar-refractivity contribution in [3.05, 3.63) is 17.7 Å². The molecular formula is C15H24N2O3+2. The highest BCUT2D eigenvalue weighted by Gasteiger charge is 2.23. The molecule has 0 spiro atoms. The van der Waals surface area contributed by atoms with Crippen LogP contribution in [0.4, 0.5) is 0 Å². The maximum Gasteiger partial charge on any atom is 0.231 e. The van der Waals surface area contributed by atoms with Gasteiger partial charge in [0.15, 0.2) is 11.5 Å². The van der Waals surface area contributed by atoms with Gasteiger partial charge in [-0.15, -0.1) is 0 Å². The number of ether oxygens (including phenoxy) is 3. The van der Waals surface area contributed by atoms with Crippen molar-refractivity contribution in [3.63, 3.8) is 0 Å². The van der Waals surface area contributed by atoms with Crippen LogP contribution in [0, 0.1) is 0 Å². The molecule has 110 valence electrons. The van der Waals surface area contributed by atoms with Gasteiger partial charge >= 0.3 is 0 Å². The van der Waals surface area contributed by atoms with Gasteiger partial charge in [-0.05, 0) is 12.1 Å².